The first-order valence-corrected chi connectivity index (χ1v) is 6.76. The SMILES string of the molecule is CN1CCCN(C(=O)Cc2ccc([N+](=O)[O-])cc2)CC1. The largest absolute Gasteiger partial charge is 0.341 e. The van der Waals surface area contributed by atoms with Crippen molar-refractivity contribution in [1.29, 1.82) is 0 Å². The minimum absolute atomic E-state index is 0.0533. The number of nitrogens with zero attached hydrogens (tertiary/aromatic N) is 3. The Morgan fingerprint density at radius 3 is 2.55 bits per heavy atom. The van der Waals surface area contributed by atoms with E-state index in [0.717, 1.165) is 38.2 Å². The van der Waals surface area contributed by atoms with Crippen LogP contribution >= 0.6 is 0 Å². The molecule has 0 bridgehead atoms. The number of non-ortho nitro benzene ring substituents is 1. The van der Waals surface area contributed by atoms with Gasteiger partial charge in [0.05, 0.1) is 11.3 Å². The number of rotatable bonds is 3. The molecule has 2 rings (SSSR count). The van der Waals surface area contributed by atoms with Crippen LogP contribution in [0.15, 0.2) is 24.3 Å². The normalized spacial score (nSPS) is 16.8. The lowest BCUT2D eigenvalue weighted by Gasteiger charge is -2.20. The summed E-state index contributed by atoms with van der Waals surface area (Å²) in [4.78, 5) is 26.5. The highest BCUT2D eigenvalue weighted by Gasteiger charge is 2.17. The first-order valence-electron chi connectivity index (χ1n) is 6.76. The zero-order chi connectivity index (χ0) is 14.5. The van der Waals surface area contributed by atoms with Crippen LogP contribution in [0.25, 0.3) is 0 Å². The van der Waals surface area contributed by atoms with Crippen LogP contribution in [0.1, 0.15) is 12.0 Å². The lowest BCUT2D eigenvalue weighted by molar-refractivity contribution is -0.384. The zero-order valence-corrected chi connectivity index (χ0v) is 11.6. The van der Waals surface area contributed by atoms with Crippen LogP contribution in [0, 0.1) is 10.1 Å². The standard InChI is InChI=1S/C14H19N3O3/c1-15-7-2-8-16(10-9-15)14(18)11-12-3-5-13(6-4-12)17(19)20/h3-6H,2,7-11H2,1H3. The summed E-state index contributed by atoms with van der Waals surface area (Å²) in [5, 5.41) is 10.6. The first-order chi connectivity index (χ1) is 9.56. The molecule has 1 aromatic rings. The van der Waals surface area contributed by atoms with Crippen molar-refractivity contribution in [3.8, 4) is 0 Å². The summed E-state index contributed by atoms with van der Waals surface area (Å²) >= 11 is 0. The van der Waals surface area contributed by atoms with Crippen LogP contribution in [0.2, 0.25) is 0 Å². The maximum Gasteiger partial charge on any atom is 0.269 e. The molecule has 0 atom stereocenters. The quantitative estimate of drug-likeness (QED) is 0.617. The average molecular weight is 277 g/mol. The van der Waals surface area contributed by atoms with Crippen molar-refractivity contribution in [2.75, 3.05) is 33.2 Å². The number of carbonyl (C=O) groups excluding carboxylic acids is 1. The maximum absolute atomic E-state index is 12.2. The fraction of sp³-hybridized carbons (Fsp3) is 0.500. The molecule has 0 unspecified atom stereocenters. The smallest absolute Gasteiger partial charge is 0.269 e. The molecule has 0 spiro atoms. The van der Waals surface area contributed by atoms with Gasteiger partial charge in [-0.15, -0.1) is 0 Å². The van der Waals surface area contributed by atoms with E-state index in [4.69, 9.17) is 0 Å². The molecule has 1 heterocycles. The number of hydrogen-bond donors (Lipinski definition) is 0. The van der Waals surface area contributed by atoms with E-state index in [2.05, 4.69) is 11.9 Å². The number of likely N-dealkylation sites (N-methyl/N-ethyl adjacent to an activating group) is 1. The van der Waals surface area contributed by atoms with Gasteiger partial charge in [0.15, 0.2) is 0 Å². The van der Waals surface area contributed by atoms with Crippen molar-refractivity contribution in [2.24, 2.45) is 0 Å². The highest BCUT2D eigenvalue weighted by molar-refractivity contribution is 5.78. The van der Waals surface area contributed by atoms with Crippen LogP contribution in [-0.2, 0) is 11.2 Å². The van der Waals surface area contributed by atoms with Gasteiger partial charge >= 0.3 is 0 Å². The number of nitro benzene ring substituents is 1. The predicted molar refractivity (Wildman–Crippen MR) is 75.5 cm³/mol. The van der Waals surface area contributed by atoms with Crippen LogP contribution in [0.5, 0.6) is 0 Å². The van der Waals surface area contributed by atoms with Crippen molar-refractivity contribution in [2.45, 2.75) is 12.8 Å². The van der Waals surface area contributed by atoms with E-state index in [1.807, 2.05) is 4.90 Å². The highest BCUT2D eigenvalue weighted by atomic mass is 16.6. The molecule has 1 aromatic carbocycles. The molecule has 20 heavy (non-hydrogen) atoms. The molecular weight excluding hydrogens is 258 g/mol. The van der Waals surface area contributed by atoms with Gasteiger partial charge in [-0.25, -0.2) is 0 Å². The molecule has 1 fully saturated rings. The Bertz CT molecular complexity index is 487. The third-order valence-corrected chi connectivity index (χ3v) is 3.57. The summed E-state index contributed by atoms with van der Waals surface area (Å²) in [7, 11) is 2.06. The van der Waals surface area contributed by atoms with Crippen LogP contribution in [-0.4, -0.2) is 53.9 Å². The van der Waals surface area contributed by atoms with E-state index < -0.39 is 4.92 Å². The Kier molecular flexibility index (Phi) is 4.68. The molecule has 6 nitrogen and oxygen atoms in total. The van der Waals surface area contributed by atoms with Crippen molar-refractivity contribution in [3.63, 3.8) is 0 Å². The second kappa shape index (κ2) is 6.47. The Labute approximate surface area is 118 Å². The molecule has 1 aliphatic heterocycles. The zero-order valence-electron chi connectivity index (χ0n) is 11.6. The van der Waals surface area contributed by atoms with Gasteiger partial charge in [-0.05, 0) is 25.6 Å². The lowest BCUT2D eigenvalue weighted by Crippen LogP contribution is -2.35. The van der Waals surface area contributed by atoms with Gasteiger partial charge in [0.25, 0.3) is 5.69 Å². The molecule has 0 saturated carbocycles. The molecule has 0 aliphatic carbocycles. The minimum Gasteiger partial charge on any atom is -0.341 e. The Morgan fingerprint density at radius 2 is 1.90 bits per heavy atom. The second-order valence-corrected chi connectivity index (χ2v) is 5.14. The summed E-state index contributed by atoms with van der Waals surface area (Å²) in [6.45, 7) is 3.45. The first kappa shape index (κ1) is 14.5. The topological polar surface area (TPSA) is 66.7 Å². The summed E-state index contributed by atoms with van der Waals surface area (Å²) in [5.74, 6) is 0.0918. The van der Waals surface area contributed by atoms with E-state index >= 15 is 0 Å². The monoisotopic (exact) mass is 277 g/mol. The Morgan fingerprint density at radius 1 is 1.20 bits per heavy atom. The van der Waals surface area contributed by atoms with Gasteiger partial charge in [0, 0.05) is 31.8 Å². The predicted octanol–water partition coefficient (Wildman–Crippen LogP) is 1.30. The second-order valence-electron chi connectivity index (χ2n) is 5.14. The number of benzene rings is 1. The van der Waals surface area contributed by atoms with Crippen LogP contribution < -0.4 is 0 Å². The summed E-state index contributed by atoms with van der Waals surface area (Å²) in [6.07, 6.45) is 1.30. The van der Waals surface area contributed by atoms with E-state index in [1.165, 1.54) is 12.1 Å². The third-order valence-electron chi connectivity index (χ3n) is 3.57. The number of nitro groups is 1. The molecule has 1 amide bonds. The van der Waals surface area contributed by atoms with Crippen molar-refractivity contribution in [3.05, 3.63) is 39.9 Å². The highest BCUT2D eigenvalue weighted by Crippen LogP contribution is 2.13. The number of hydrogen-bond acceptors (Lipinski definition) is 4. The van der Waals surface area contributed by atoms with Crippen LogP contribution in [0.4, 0.5) is 5.69 Å². The molecule has 0 aromatic heterocycles. The van der Waals surface area contributed by atoms with Crippen molar-refractivity contribution < 1.29 is 9.72 Å². The van der Waals surface area contributed by atoms with Crippen molar-refractivity contribution >= 4 is 11.6 Å². The van der Waals surface area contributed by atoms with E-state index in [9.17, 15) is 14.9 Å². The molecule has 108 valence electrons. The summed E-state index contributed by atoms with van der Waals surface area (Å²) in [5.41, 5.74) is 0.871. The van der Waals surface area contributed by atoms with Gasteiger partial charge < -0.3 is 9.80 Å². The molecule has 0 radical (unpaired) electrons. The van der Waals surface area contributed by atoms with Crippen LogP contribution in [0.3, 0.4) is 0 Å². The van der Waals surface area contributed by atoms with Gasteiger partial charge in [-0.2, -0.15) is 0 Å². The van der Waals surface area contributed by atoms with Gasteiger partial charge in [0.2, 0.25) is 5.91 Å². The van der Waals surface area contributed by atoms with Gasteiger partial charge in [-0.1, -0.05) is 12.1 Å². The third kappa shape index (κ3) is 3.77. The average Bonchev–Trinajstić information content (AvgIpc) is 2.64. The molecule has 0 N–H and O–H groups in total. The Balaban J connectivity index is 1.95. The fourth-order valence-corrected chi connectivity index (χ4v) is 2.32. The summed E-state index contributed by atoms with van der Waals surface area (Å²) < 4.78 is 0. The fourth-order valence-electron chi connectivity index (χ4n) is 2.32. The van der Waals surface area contributed by atoms with E-state index in [1.54, 1.807) is 12.1 Å². The van der Waals surface area contributed by atoms with Gasteiger partial charge in [-0.3, -0.25) is 14.9 Å². The van der Waals surface area contributed by atoms with Gasteiger partial charge in [0.1, 0.15) is 0 Å². The maximum atomic E-state index is 12.2. The summed E-state index contributed by atoms with van der Waals surface area (Å²) in [6, 6.07) is 6.19. The van der Waals surface area contributed by atoms with E-state index in [-0.39, 0.29) is 11.6 Å². The lowest BCUT2D eigenvalue weighted by atomic mass is 10.1. The number of carbonyl (C=O) groups is 1. The molecular formula is C14H19N3O3. The Hall–Kier alpha value is -1.95. The number of amides is 1. The minimum atomic E-state index is -0.434. The molecule has 1 aliphatic rings. The van der Waals surface area contributed by atoms with Crippen molar-refractivity contribution in [1.82, 2.24) is 9.80 Å². The van der Waals surface area contributed by atoms with E-state index in [0.29, 0.717) is 6.42 Å². The molecule has 1 saturated heterocycles. The molecule has 6 heteroatoms.